The molecule has 1 N–H and O–H groups in total. The van der Waals surface area contributed by atoms with Crippen LogP contribution < -0.4 is 5.32 Å². The summed E-state index contributed by atoms with van der Waals surface area (Å²) < 4.78 is 0. The van der Waals surface area contributed by atoms with Gasteiger partial charge in [-0.1, -0.05) is 59.3 Å². The third-order valence-corrected chi connectivity index (χ3v) is 5.30. The first kappa shape index (κ1) is 14.9. The van der Waals surface area contributed by atoms with Gasteiger partial charge in [0, 0.05) is 12.5 Å². The topological polar surface area (TPSA) is 29.1 Å². The van der Waals surface area contributed by atoms with Crippen molar-refractivity contribution in [1.29, 1.82) is 0 Å². The van der Waals surface area contributed by atoms with Crippen molar-refractivity contribution in [1.82, 2.24) is 5.32 Å². The van der Waals surface area contributed by atoms with Gasteiger partial charge in [0.05, 0.1) is 0 Å². The second kappa shape index (κ2) is 5.85. The highest BCUT2D eigenvalue weighted by Crippen LogP contribution is 2.45. The lowest BCUT2D eigenvalue weighted by atomic mass is 9.64. The Morgan fingerprint density at radius 2 is 1.53 bits per heavy atom. The van der Waals surface area contributed by atoms with E-state index in [1.165, 1.54) is 51.4 Å². The lowest BCUT2D eigenvalue weighted by Gasteiger charge is -2.45. The predicted octanol–water partition coefficient (Wildman–Crippen LogP) is 4.29. The van der Waals surface area contributed by atoms with Crippen molar-refractivity contribution in [3.63, 3.8) is 0 Å². The van der Waals surface area contributed by atoms with E-state index in [2.05, 4.69) is 26.1 Å². The minimum atomic E-state index is 0.0932. The van der Waals surface area contributed by atoms with E-state index in [4.69, 9.17) is 0 Å². The zero-order chi connectivity index (χ0) is 13.9. The summed E-state index contributed by atoms with van der Waals surface area (Å²) in [5, 5.41) is 3.23. The Morgan fingerprint density at radius 3 is 2.05 bits per heavy atom. The van der Waals surface area contributed by atoms with Crippen molar-refractivity contribution in [3.05, 3.63) is 0 Å². The van der Waals surface area contributed by atoms with Gasteiger partial charge < -0.3 is 5.32 Å². The third-order valence-electron chi connectivity index (χ3n) is 5.30. The molecule has 0 radical (unpaired) electrons. The van der Waals surface area contributed by atoms with Gasteiger partial charge in [-0.3, -0.25) is 4.79 Å². The Bertz CT molecular complexity index is 306. The molecule has 1 unspecified atom stereocenters. The first-order valence-corrected chi connectivity index (χ1v) is 8.21. The summed E-state index contributed by atoms with van der Waals surface area (Å²) in [7, 11) is 0. The number of carbonyl (C=O) groups is 1. The summed E-state index contributed by atoms with van der Waals surface area (Å²) in [5.74, 6) is 0.486. The van der Waals surface area contributed by atoms with Gasteiger partial charge in [-0.2, -0.15) is 0 Å². The number of piperidine rings is 1. The van der Waals surface area contributed by atoms with Crippen LogP contribution >= 0.6 is 0 Å². The number of carbonyl (C=O) groups excluding carboxylic acids is 1. The molecule has 19 heavy (non-hydrogen) atoms. The largest absolute Gasteiger partial charge is 0.355 e. The molecule has 0 aromatic carbocycles. The molecule has 2 fully saturated rings. The fourth-order valence-corrected chi connectivity index (χ4v) is 3.91. The normalized spacial score (nSPS) is 29.2. The molecule has 2 aliphatic rings. The van der Waals surface area contributed by atoms with Crippen molar-refractivity contribution in [3.8, 4) is 0 Å². The second-order valence-corrected chi connectivity index (χ2v) is 7.96. The first-order chi connectivity index (χ1) is 8.93. The van der Waals surface area contributed by atoms with Crippen LogP contribution in [0.5, 0.6) is 0 Å². The molecule has 0 aromatic heterocycles. The van der Waals surface area contributed by atoms with Gasteiger partial charge >= 0.3 is 0 Å². The average molecular weight is 265 g/mol. The summed E-state index contributed by atoms with van der Waals surface area (Å²) in [4.78, 5) is 12.2. The molecule has 1 aliphatic heterocycles. The molecule has 1 aliphatic carbocycles. The second-order valence-electron chi connectivity index (χ2n) is 7.96. The number of nitrogens with one attached hydrogen (secondary N) is 1. The smallest absolute Gasteiger partial charge is 0.223 e. The Kier molecular flexibility index (Phi) is 4.58. The molecule has 1 heterocycles. The van der Waals surface area contributed by atoms with Gasteiger partial charge in [-0.25, -0.2) is 0 Å². The van der Waals surface area contributed by atoms with Gasteiger partial charge in [0.2, 0.25) is 5.91 Å². The minimum absolute atomic E-state index is 0.0932. The minimum Gasteiger partial charge on any atom is -0.355 e. The lowest BCUT2D eigenvalue weighted by molar-refractivity contribution is -0.134. The maximum Gasteiger partial charge on any atom is 0.223 e. The standard InChI is InChI=1S/C17H31NO/c1-16(2,3)14-12-17(13-18-15(14)19)10-8-6-4-5-7-9-11-17/h14H,4-13H2,1-3H3,(H,18,19). The lowest BCUT2D eigenvalue weighted by Crippen LogP contribution is -2.51. The zero-order valence-corrected chi connectivity index (χ0v) is 13.1. The van der Waals surface area contributed by atoms with Gasteiger partial charge in [0.1, 0.15) is 0 Å². The van der Waals surface area contributed by atoms with Crippen LogP contribution in [-0.4, -0.2) is 12.5 Å². The first-order valence-electron chi connectivity index (χ1n) is 8.21. The molecular weight excluding hydrogens is 234 g/mol. The summed E-state index contributed by atoms with van der Waals surface area (Å²) in [6, 6.07) is 0. The molecular formula is C17H31NO. The van der Waals surface area contributed by atoms with Crippen LogP contribution in [0.4, 0.5) is 0 Å². The molecule has 0 aromatic rings. The van der Waals surface area contributed by atoms with E-state index in [0.717, 1.165) is 13.0 Å². The van der Waals surface area contributed by atoms with Crippen LogP contribution in [0.1, 0.15) is 78.6 Å². The Labute approximate surface area is 118 Å². The fourth-order valence-electron chi connectivity index (χ4n) is 3.91. The van der Waals surface area contributed by atoms with Crippen molar-refractivity contribution in [2.45, 2.75) is 78.6 Å². The SMILES string of the molecule is CC(C)(C)C1CC2(CCCCCCCC2)CNC1=O. The number of amides is 1. The Balaban J connectivity index is 2.10. The van der Waals surface area contributed by atoms with Crippen molar-refractivity contribution >= 4 is 5.91 Å². The molecule has 2 rings (SSSR count). The van der Waals surface area contributed by atoms with E-state index in [9.17, 15) is 4.79 Å². The van der Waals surface area contributed by atoms with E-state index in [0.29, 0.717) is 5.41 Å². The van der Waals surface area contributed by atoms with E-state index in [-0.39, 0.29) is 17.2 Å². The van der Waals surface area contributed by atoms with Crippen LogP contribution in [0, 0.1) is 16.7 Å². The highest BCUT2D eigenvalue weighted by molar-refractivity contribution is 5.80. The monoisotopic (exact) mass is 265 g/mol. The predicted molar refractivity (Wildman–Crippen MR) is 79.9 cm³/mol. The van der Waals surface area contributed by atoms with Crippen molar-refractivity contribution in [2.24, 2.45) is 16.7 Å². The Hall–Kier alpha value is -0.530. The average Bonchev–Trinajstić information content (AvgIpc) is 2.44. The van der Waals surface area contributed by atoms with E-state index < -0.39 is 0 Å². The highest BCUT2D eigenvalue weighted by Gasteiger charge is 2.43. The number of hydrogen-bond acceptors (Lipinski definition) is 1. The third kappa shape index (κ3) is 3.73. The molecule has 2 heteroatoms. The van der Waals surface area contributed by atoms with Crippen LogP contribution in [-0.2, 0) is 4.79 Å². The maximum atomic E-state index is 12.2. The molecule has 1 amide bonds. The van der Waals surface area contributed by atoms with Crippen molar-refractivity contribution in [2.75, 3.05) is 6.54 Å². The molecule has 110 valence electrons. The molecule has 1 spiro atoms. The van der Waals surface area contributed by atoms with E-state index in [1.807, 2.05) is 0 Å². The van der Waals surface area contributed by atoms with Crippen LogP contribution in [0.2, 0.25) is 0 Å². The van der Waals surface area contributed by atoms with Crippen molar-refractivity contribution < 1.29 is 4.79 Å². The highest BCUT2D eigenvalue weighted by atomic mass is 16.2. The molecule has 2 nitrogen and oxygen atoms in total. The van der Waals surface area contributed by atoms with E-state index in [1.54, 1.807) is 0 Å². The van der Waals surface area contributed by atoms with Gasteiger partial charge in [0.25, 0.3) is 0 Å². The quantitative estimate of drug-likeness (QED) is 0.695. The van der Waals surface area contributed by atoms with Gasteiger partial charge in [0.15, 0.2) is 0 Å². The molecule has 1 saturated carbocycles. The van der Waals surface area contributed by atoms with Gasteiger partial charge in [-0.05, 0) is 30.1 Å². The van der Waals surface area contributed by atoms with E-state index >= 15 is 0 Å². The molecule has 0 bridgehead atoms. The summed E-state index contributed by atoms with van der Waals surface area (Å²) in [6.07, 6.45) is 12.0. The molecule has 1 atom stereocenters. The van der Waals surface area contributed by atoms with Crippen LogP contribution in [0.3, 0.4) is 0 Å². The van der Waals surface area contributed by atoms with Crippen LogP contribution in [0.15, 0.2) is 0 Å². The van der Waals surface area contributed by atoms with Crippen LogP contribution in [0.25, 0.3) is 0 Å². The fraction of sp³-hybridized carbons (Fsp3) is 0.941. The summed E-state index contributed by atoms with van der Waals surface area (Å²) in [5.41, 5.74) is 0.492. The number of rotatable bonds is 0. The zero-order valence-electron chi connectivity index (χ0n) is 13.1. The van der Waals surface area contributed by atoms with Gasteiger partial charge in [-0.15, -0.1) is 0 Å². The summed E-state index contributed by atoms with van der Waals surface area (Å²) in [6.45, 7) is 7.57. The molecule has 1 saturated heterocycles. The summed E-state index contributed by atoms with van der Waals surface area (Å²) >= 11 is 0. The Morgan fingerprint density at radius 1 is 1.00 bits per heavy atom. The maximum absolute atomic E-state index is 12.2. The number of hydrogen-bond donors (Lipinski definition) is 1.